The maximum absolute atomic E-state index is 4.36. The zero-order chi connectivity index (χ0) is 10.7. The van der Waals surface area contributed by atoms with Gasteiger partial charge in [-0.1, -0.05) is 12.8 Å². The van der Waals surface area contributed by atoms with Crippen LogP contribution in [-0.2, 0) is 0 Å². The van der Waals surface area contributed by atoms with Gasteiger partial charge in [-0.25, -0.2) is 3.11 Å². The van der Waals surface area contributed by atoms with Crippen LogP contribution in [-0.4, -0.2) is 29.5 Å². The maximum atomic E-state index is 4.36. The van der Waals surface area contributed by atoms with E-state index < -0.39 is 0 Å². The van der Waals surface area contributed by atoms with E-state index in [-0.39, 0.29) is 0 Å². The summed E-state index contributed by atoms with van der Waals surface area (Å²) in [5.41, 5.74) is 0.451. The minimum absolute atomic E-state index is 0.451. The highest BCUT2D eigenvalue weighted by atomic mass is 127. The van der Waals surface area contributed by atoms with E-state index in [1.165, 1.54) is 51.6 Å². The van der Waals surface area contributed by atoms with Gasteiger partial charge in [0.05, 0.1) is 0 Å². The molecule has 3 heteroatoms. The highest BCUT2D eigenvalue weighted by Crippen LogP contribution is 2.45. The molecule has 1 saturated carbocycles. The first-order chi connectivity index (χ1) is 7.27. The molecule has 1 saturated heterocycles. The number of nitrogens with zero attached hydrogens (tertiary/aromatic N) is 2. The number of rotatable bonds is 2. The van der Waals surface area contributed by atoms with Crippen LogP contribution in [0.5, 0.6) is 0 Å². The molecule has 0 bridgehead atoms. The van der Waals surface area contributed by atoms with Gasteiger partial charge in [0.15, 0.2) is 0 Å². The Bertz CT molecular complexity index is 226. The molecular formula is C12H21IN2. The van der Waals surface area contributed by atoms with Gasteiger partial charge in [0.25, 0.3) is 0 Å². The molecule has 0 aromatic carbocycles. The van der Waals surface area contributed by atoms with Crippen molar-refractivity contribution < 1.29 is 0 Å². The van der Waals surface area contributed by atoms with Crippen molar-refractivity contribution in [1.29, 1.82) is 0 Å². The zero-order valence-electron chi connectivity index (χ0n) is 9.58. The van der Waals surface area contributed by atoms with Crippen molar-refractivity contribution in [2.24, 2.45) is 16.3 Å². The average Bonchev–Trinajstić information content (AvgIpc) is 2.76. The topological polar surface area (TPSA) is 15.6 Å². The van der Waals surface area contributed by atoms with E-state index in [4.69, 9.17) is 0 Å². The van der Waals surface area contributed by atoms with Crippen LogP contribution in [0.25, 0.3) is 0 Å². The third-order valence-corrected chi connectivity index (χ3v) is 5.16. The van der Waals surface area contributed by atoms with E-state index in [1.807, 2.05) is 7.05 Å². The predicted octanol–water partition coefficient (Wildman–Crippen LogP) is 3.31. The fraction of sp³-hybridized carbons (Fsp3) is 0.917. The van der Waals surface area contributed by atoms with Gasteiger partial charge in [0, 0.05) is 54.6 Å². The zero-order valence-corrected chi connectivity index (χ0v) is 11.7. The second kappa shape index (κ2) is 5.13. The van der Waals surface area contributed by atoms with Gasteiger partial charge in [-0.05, 0) is 31.6 Å². The van der Waals surface area contributed by atoms with Gasteiger partial charge in [-0.2, -0.15) is 0 Å². The normalized spacial score (nSPS) is 28.9. The van der Waals surface area contributed by atoms with Crippen molar-refractivity contribution in [3.63, 3.8) is 0 Å². The molecule has 0 atom stereocenters. The highest BCUT2D eigenvalue weighted by molar-refractivity contribution is 14.1. The van der Waals surface area contributed by atoms with Crippen LogP contribution in [0.2, 0.25) is 0 Å². The molecule has 15 heavy (non-hydrogen) atoms. The molecule has 0 amide bonds. The first-order valence-corrected chi connectivity index (χ1v) is 7.07. The van der Waals surface area contributed by atoms with Gasteiger partial charge in [-0.3, -0.25) is 0 Å². The Hall–Kier alpha value is 0.360. The second-order valence-electron chi connectivity index (χ2n) is 5.01. The van der Waals surface area contributed by atoms with Crippen LogP contribution < -0.4 is 0 Å². The van der Waals surface area contributed by atoms with Crippen LogP contribution in [0.1, 0.15) is 38.5 Å². The average molecular weight is 320 g/mol. The SMILES string of the molecule is C/N=C/C1(C2CCCC2)CCN(I)CC1. The fourth-order valence-corrected chi connectivity index (χ4v) is 3.78. The van der Waals surface area contributed by atoms with Crippen molar-refractivity contribution in [1.82, 2.24) is 3.11 Å². The van der Waals surface area contributed by atoms with E-state index in [0.29, 0.717) is 5.41 Å². The molecule has 0 unspecified atom stereocenters. The first kappa shape index (κ1) is 11.8. The molecule has 2 rings (SSSR count). The van der Waals surface area contributed by atoms with Gasteiger partial charge >= 0.3 is 0 Å². The summed E-state index contributed by atoms with van der Waals surface area (Å²) in [5.74, 6) is 0.922. The standard InChI is InChI=1S/C12H21IN2/c1-14-10-12(11-4-2-3-5-11)6-8-15(13)9-7-12/h10-11H,2-9H2,1H3/b14-10+. The summed E-state index contributed by atoms with van der Waals surface area (Å²) in [4.78, 5) is 4.36. The van der Waals surface area contributed by atoms with E-state index in [0.717, 1.165) is 5.92 Å². The first-order valence-electron chi connectivity index (χ1n) is 6.11. The molecule has 2 aliphatic rings. The number of halogens is 1. The fourth-order valence-electron chi connectivity index (χ4n) is 3.30. The van der Waals surface area contributed by atoms with E-state index in [2.05, 4.69) is 37.2 Å². The summed E-state index contributed by atoms with van der Waals surface area (Å²) in [6, 6.07) is 0. The molecule has 0 aromatic heterocycles. The molecule has 1 aliphatic heterocycles. The van der Waals surface area contributed by atoms with Gasteiger partial charge in [-0.15, -0.1) is 0 Å². The summed E-state index contributed by atoms with van der Waals surface area (Å²) in [6.07, 6.45) is 10.7. The van der Waals surface area contributed by atoms with Crippen molar-refractivity contribution in [3.8, 4) is 0 Å². The third-order valence-electron chi connectivity index (χ3n) is 4.19. The lowest BCUT2D eigenvalue weighted by Crippen LogP contribution is -2.41. The monoisotopic (exact) mass is 320 g/mol. The van der Waals surface area contributed by atoms with Crippen LogP contribution in [0.15, 0.2) is 4.99 Å². The Morgan fingerprint density at radius 1 is 1.27 bits per heavy atom. The summed E-state index contributed by atoms with van der Waals surface area (Å²) in [7, 11) is 1.94. The molecule has 1 heterocycles. The summed E-state index contributed by atoms with van der Waals surface area (Å²) in [6.45, 7) is 2.48. The molecular weight excluding hydrogens is 299 g/mol. The number of hydrogen-bond donors (Lipinski definition) is 0. The largest absolute Gasteiger partial charge is 0.300 e. The second-order valence-corrected chi connectivity index (χ2v) is 6.38. The molecule has 0 N–H and O–H groups in total. The Labute approximate surface area is 107 Å². The molecule has 2 fully saturated rings. The molecule has 0 aromatic rings. The molecule has 1 aliphatic carbocycles. The molecule has 2 nitrogen and oxygen atoms in total. The lowest BCUT2D eigenvalue weighted by molar-refractivity contribution is 0.171. The van der Waals surface area contributed by atoms with Crippen LogP contribution in [0, 0.1) is 11.3 Å². The summed E-state index contributed by atoms with van der Waals surface area (Å²) in [5, 5.41) is 0. The number of piperidine rings is 1. The van der Waals surface area contributed by atoms with Crippen molar-refractivity contribution >= 4 is 29.1 Å². The Morgan fingerprint density at radius 3 is 2.40 bits per heavy atom. The minimum Gasteiger partial charge on any atom is -0.300 e. The highest BCUT2D eigenvalue weighted by Gasteiger charge is 2.40. The van der Waals surface area contributed by atoms with E-state index in [1.54, 1.807) is 0 Å². The van der Waals surface area contributed by atoms with E-state index >= 15 is 0 Å². The van der Waals surface area contributed by atoms with Gasteiger partial charge < -0.3 is 4.99 Å². The molecule has 0 radical (unpaired) electrons. The van der Waals surface area contributed by atoms with Crippen LogP contribution in [0.4, 0.5) is 0 Å². The quantitative estimate of drug-likeness (QED) is 0.433. The van der Waals surface area contributed by atoms with Gasteiger partial charge in [0.1, 0.15) is 0 Å². The van der Waals surface area contributed by atoms with Crippen molar-refractivity contribution in [2.75, 3.05) is 20.1 Å². The van der Waals surface area contributed by atoms with Crippen molar-refractivity contribution in [3.05, 3.63) is 0 Å². The maximum Gasteiger partial charge on any atom is 0.0273 e. The van der Waals surface area contributed by atoms with Gasteiger partial charge in [0.2, 0.25) is 0 Å². The Morgan fingerprint density at radius 2 is 1.87 bits per heavy atom. The van der Waals surface area contributed by atoms with Crippen LogP contribution in [0.3, 0.4) is 0 Å². The summed E-state index contributed by atoms with van der Waals surface area (Å²) < 4.78 is 2.43. The van der Waals surface area contributed by atoms with Crippen molar-refractivity contribution in [2.45, 2.75) is 38.5 Å². The minimum atomic E-state index is 0.451. The smallest absolute Gasteiger partial charge is 0.0273 e. The number of hydrogen-bond acceptors (Lipinski definition) is 2. The molecule has 0 spiro atoms. The lowest BCUT2D eigenvalue weighted by atomic mass is 9.69. The van der Waals surface area contributed by atoms with E-state index in [9.17, 15) is 0 Å². The van der Waals surface area contributed by atoms with Crippen LogP contribution >= 0.6 is 22.9 Å². The molecule has 86 valence electrons. The number of aliphatic imine (C=N–C) groups is 1. The predicted molar refractivity (Wildman–Crippen MR) is 73.6 cm³/mol. The third kappa shape index (κ3) is 2.54. The Kier molecular flexibility index (Phi) is 4.04. The Balaban J connectivity index is 2.09. The lowest BCUT2D eigenvalue weighted by Gasteiger charge is -2.41. The summed E-state index contributed by atoms with van der Waals surface area (Å²) >= 11 is 2.45.